The van der Waals surface area contributed by atoms with Crippen LogP contribution in [-0.4, -0.2) is 8.07 Å². The summed E-state index contributed by atoms with van der Waals surface area (Å²) in [6, 6.07) is 93.3. The van der Waals surface area contributed by atoms with Gasteiger partial charge in [-0.15, -0.1) is 0 Å². The fourth-order valence-corrected chi connectivity index (χ4v) is 15.9. The Kier molecular flexibility index (Phi) is 8.86. The molecule has 0 radical (unpaired) electrons. The van der Waals surface area contributed by atoms with Gasteiger partial charge >= 0.3 is 0 Å². The van der Waals surface area contributed by atoms with Crippen molar-refractivity contribution in [2.45, 2.75) is 0 Å². The first kappa shape index (κ1) is 38.1. The molecular weight excluding hydrogens is 817 g/mol. The second-order valence-electron chi connectivity index (χ2n) is 17.2. The first-order valence-corrected chi connectivity index (χ1v) is 24.7. The molecule has 2 heterocycles. The second-order valence-corrected chi connectivity index (χ2v) is 21.0. The summed E-state index contributed by atoms with van der Waals surface area (Å²) in [5.74, 6) is 0. The molecule has 13 rings (SSSR count). The number of rotatable bonds is 7. The number of furan rings is 1. The molecular formula is C62H42N2OSi. The van der Waals surface area contributed by atoms with Crippen molar-refractivity contribution in [2.24, 2.45) is 0 Å². The summed E-state index contributed by atoms with van der Waals surface area (Å²) in [5, 5.41) is 12.4. The lowest BCUT2D eigenvalue weighted by Gasteiger charge is -2.45. The lowest BCUT2D eigenvalue weighted by molar-refractivity contribution is 0.669. The van der Waals surface area contributed by atoms with Crippen LogP contribution in [0.3, 0.4) is 0 Å². The van der Waals surface area contributed by atoms with Crippen molar-refractivity contribution in [3.05, 3.63) is 255 Å². The molecule has 0 saturated carbocycles. The Labute approximate surface area is 384 Å². The fourth-order valence-electron chi connectivity index (χ4n) is 10.8. The molecule has 11 aromatic carbocycles. The van der Waals surface area contributed by atoms with Crippen LogP contribution in [0, 0.1) is 0 Å². The summed E-state index contributed by atoms with van der Waals surface area (Å²) in [5.41, 5.74) is 10.8. The first-order valence-electron chi connectivity index (χ1n) is 22.7. The number of nitrogens with zero attached hydrogens (tertiary/aromatic N) is 2. The Morgan fingerprint density at radius 2 is 0.848 bits per heavy atom. The molecule has 66 heavy (non-hydrogen) atoms. The number of para-hydroxylation sites is 2. The van der Waals surface area contributed by atoms with E-state index >= 15 is 0 Å². The standard InChI is InChI=1S/C62H42N2OSi/c1-4-22-47(23-5-1)63-57-30-14-15-33-61(57)66(49-24-6-2-7-25-49,50-26-8-3-9-27-50)62-39-35-45(40-58(62)63)46-34-37-53-54-38-36-48(42-60(54)65-59(53)41-46)64(55-31-16-20-43-18-10-12-28-51(43)55)56-32-17-21-44-19-11-13-29-52(44)56/h1-42H. The third kappa shape index (κ3) is 5.89. The second kappa shape index (κ2) is 15.4. The molecule has 310 valence electrons. The highest BCUT2D eigenvalue weighted by Crippen LogP contribution is 2.45. The molecule has 1 aliphatic heterocycles. The van der Waals surface area contributed by atoms with Gasteiger partial charge in [0.25, 0.3) is 0 Å². The average molecular weight is 859 g/mol. The number of hydrogen-bond donors (Lipinski definition) is 0. The van der Waals surface area contributed by atoms with E-state index in [9.17, 15) is 0 Å². The Hall–Kier alpha value is -8.44. The maximum atomic E-state index is 6.92. The van der Waals surface area contributed by atoms with Crippen LogP contribution in [0.5, 0.6) is 0 Å². The Bertz CT molecular complexity index is 3660. The van der Waals surface area contributed by atoms with Crippen LogP contribution in [0.2, 0.25) is 0 Å². The molecule has 3 nitrogen and oxygen atoms in total. The Morgan fingerprint density at radius 1 is 0.348 bits per heavy atom. The highest BCUT2D eigenvalue weighted by atomic mass is 28.3. The minimum atomic E-state index is -2.80. The molecule has 0 fully saturated rings. The maximum absolute atomic E-state index is 6.92. The van der Waals surface area contributed by atoms with Crippen LogP contribution in [0.1, 0.15) is 0 Å². The normalized spacial score (nSPS) is 12.9. The van der Waals surface area contributed by atoms with Gasteiger partial charge in [-0.2, -0.15) is 0 Å². The van der Waals surface area contributed by atoms with E-state index in [1.807, 2.05) is 0 Å². The molecule has 1 aliphatic rings. The van der Waals surface area contributed by atoms with E-state index in [1.54, 1.807) is 0 Å². The third-order valence-electron chi connectivity index (χ3n) is 13.7. The summed E-state index contributed by atoms with van der Waals surface area (Å²) in [4.78, 5) is 4.87. The van der Waals surface area contributed by atoms with Gasteiger partial charge in [0.05, 0.1) is 11.4 Å². The van der Waals surface area contributed by atoms with E-state index in [2.05, 4.69) is 265 Å². The van der Waals surface area contributed by atoms with Gasteiger partial charge in [-0.25, -0.2) is 0 Å². The van der Waals surface area contributed by atoms with Crippen molar-refractivity contribution in [2.75, 3.05) is 9.80 Å². The molecule has 12 aromatic rings. The maximum Gasteiger partial charge on any atom is 0.184 e. The van der Waals surface area contributed by atoms with Gasteiger partial charge in [-0.05, 0) is 103 Å². The van der Waals surface area contributed by atoms with E-state index in [1.165, 1.54) is 53.7 Å². The van der Waals surface area contributed by atoms with Crippen LogP contribution in [-0.2, 0) is 0 Å². The van der Waals surface area contributed by atoms with Gasteiger partial charge < -0.3 is 14.2 Å². The zero-order valence-corrected chi connectivity index (χ0v) is 37.1. The molecule has 0 bridgehead atoms. The van der Waals surface area contributed by atoms with Crippen LogP contribution in [0.25, 0.3) is 54.6 Å². The average Bonchev–Trinajstić information content (AvgIpc) is 3.76. The molecule has 0 saturated heterocycles. The quantitative estimate of drug-likeness (QED) is 0.149. The largest absolute Gasteiger partial charge is 0.456 e. The SMILES string of the molecule is c1ccc(N2c3ccccc3[Si](c3ccccc3)(c3ccccc3)c3ccc(-c4ccc5c(c4)oc4cc(N(c6cccc7ccccc67)c6cccc7ccccc67)ccc45)cc32)cc1. The van der Waals surface area contributed by atoms with E-state index < -0.39 is 8.07 Å². The van der Waals surface area contributed by atoms with E-state index in [0.717, 1.165) is 55.8 Å². The summed E-state index contributed by atoms with van der Waals surface area (Å²) >= 11 is 0. The van der Waals surface area contributed by atoms with Crippen LogP contribution in [0.15, 0.2) is 259 Å². The van der Waals surface area contributed by atoms with Crippen molar-refractivity contribution >= 4 is 106 Å². The Morgan fingerprint density at radius 3 is 1.52 bits per heavy atom. The topological polar surface area (TPSA) is 19.6 Å². The monoisotopic (exact) mass is 858 g/mol. The smallest absolute Gasteiger partial charge is 0.184 e. The molecule has 0 atom stereocenters. The molecule has 0 unspecified atom stereocenters. The van der Waals surface area contributed by atoms with Crippen LogP contribution in [0.4, 0.5) is 34.1 Å². The van der Waals surface area contributed by atoms with Crippen molar-refractivity contribution in [1.29, 1.82) is 0 Å². The zero-order chi connectivity index (χ0) is 43.6. The third-order valence-corrected chi connectivity index (χ3v) is 18.5. The minimum Gasteiger partial charge on any atom is -0.456 e. The molecule has 4 heteroatoms. The molecule has 0 N–H and O–H groups in total. The van der Waals surface area contributed by atoms with E-state index in [4.69, 9.17) is 4.42 Å². The lowest BCUT2D eigenvalue weighted by Crippen LogP contribution is -2.77. The van der Waals surface area contributed by atoms with Gasteiger partial charge in [0.15, 0.2) is 8.07 Å². The van der Waals surface area contributed by atoms with E-state index in [0.29, 0.717) is 0 Å². The highest BCUT2D eigenvalue weighted by molar-refractivity contribution is 7.21. The van der Waals surface area contributed by atoms with Crippen molar-refractivity contribution in [1.82, 2.24) is 0 Å². The van der Waals surface area contributed by atoms with E-state index in [-0.39, 0.29) is 0 Å². The van der Waals surface area contributed by atoms with Gasteiger partial charge in [0, 0.05) is 50.4 Å². The minimum absolute atomic E-state index is 0.851. The highest BCUT2D eigenvalue weighted by Gasteiger charge is 2.48. The van der Waals surface area contributed by atoms with Crippen molar-refractivity contribution in [3.8, 4) is 11.1 Å². The molecule has 0 amide bonds. The summed E-state index contributed by atoms with van der Waals surface area (Å²) in [7, 11) is -2.80. The van der Waals surface area contributed by atoms with Gasteiger partial charge in [0.1, 0.15) is 11.2 Å². The molecule has 1 aromatic heterocycles. The fraction of sp³-hybridized carbons (Fsp3) is 0. The van der Waals surface area contributed by atoms with Gasteiger partial charge in [-0.3, -0.25) is 0 Å². The lowest BCUT2D eigenvalue weighted by atomic mass is 10.0. The molecule has 0 spiro atoms. The van der Waals surface area contributed by atoms with Crippen molar-refractivity contribution < 1.29 is 4.42 Å². The van der Waals surface area contributed by atoms with Crippen molar-refractivity contribution in [3.63, 3.8) is 0 Å². The number of benzene rings is 11. The number of anilines is 6. The molecule has 0 aliphatic carbocycles. The van der Waals surface area contributed by atoms with Gasteiger partial charge in [-0.1, -0.05) is 188 Å². The summed E-state index contributed by atoms with van der Waals surface area (Å²) < 4.78 is 6.92. The number of hydrogen-bond acceptors (Lipinski definition) is 3. The summed E-state index contributed by atoms with van der Waals surface area (Å²) in [6.45, 7) is 0. The summed E-state index contributed by atoms with van der Waals surface area (Å²) in [6.07, 6.45) is 0. The first-order chi connectivity index (χ1) is 32.7. The zero-order valence-electron chi connectivity index (χ0n) is 36.1. The van der Waals surface area contributed by atoms with Crippen LogP contribution >= 0.6 is 0 Å². The number of fused-ring (bicyclic) bond motifs is 7. The predicted octanol–water partition coefficient (Wildman–Crippen LogP) is 14.2. The predicted molar refractivity (Wildman–Crippen MR) is 281 cm³/mol. The van der Waals surface area contributed by atoms with Gasteiger partial charge in [0.2, 0.25) is 0 Å². The Balaban J connectivity index is 0.985. The van der Waals surface area contributed by atoms with Crippen LogP contribution < -0.4 is 30.5 Å².